The van der Waals surface area contributed by atoms with E-state index in [1.54, 1.807) is 0 Å². The second-order valence-corrected chi connectivity index (χ2v) is 5.13. The molecule has 3 heteroatoms. The van der Waals surface area contributed by atoms with Gasteiger partial charge in [0.15, 0.2) is 0 Å². The lowest BCUT2D eigenvalue weighted by molar-refractivity contribution is 0.0781. The summed E-state index contributed by atoms with van der Waals surface area (Å²) in [6.45, 7) is 11.2. The molecule has 0 bridgehead atoms. The second kappa shape index (κ2) is 5.17. The van der Waals surface area contributed by atoms with E-state index in [0.29, 0.717) is 0 Å². The first kappa shape index (κ1) is 13.2. The van der Waals surface area contributed by atoms with E-state index < -0.39 is 0 Å². The third kappa shape index (κ3) is 1.96. The average Bonchev–Trinajstić information content (AvgIpc) is 2.95. The molecule has 1 amide bonds. The van der Waals surface area contributed by atoms with Gasteiger partial charge >= 0.3 is 0 Å². The quantitative estimate of drug-likeness (QED) is 0.807. The lowest BCUT2D eigenvalue weighted by atomic mass is 10.1. The van der Waals surface area contributed by atoms with Crippen LogP contribution in [0.4, 0.5) is 0 Å². The summed E-state index contributed by atoms with van der Waals surface area (Å²) in [5.41, 5.74) is 4.72. The van der Waals surface area contributed by atoms with Crippen molar-refractivity contribution in [1.29, 1.82) is 0 Å². The zero-order valence-corrected chi connectivity index (χ0v) is 12.0. The molecule has 1 saturated heterocycles. The first-order chi connectivity index (χ1) is 8.61. The molecule has 2 heterocycles. The highest BCUT2D eigenvalue weighted by Gasteiger charge is 2.26. The van der Waals surface area contributed by atoms with Gasteiger partial charge in [-0.25, -0.2) is 0 Å². The van der Waals surface area contributed by atoms with Gasteiger partial charge in [-0.05, 0) is 51.2 Å². The van der Waals surface area contributed by atoms with Gasteiger partial charge in [-0.15, -0.1) is 0 Å². The fraction of sp³-hybridized carbons (Fsp3) is 0.667. The van der Waals surface area contributed by atoms with E-state index in [9.17, 15) is 4.79 Å². The molecule has 2 rings (SSSR count). The molecule has 0 unspecified atom stereocenters. The van der Waals surface area contributed by atoms with E-state index in [2.05, 4.69) is 32.3 Å². The van der Waals surface area contributed by atoms with Crippen LogP contribution in [0, 0.1) is 13.8 Å². The molecule has 0 N–H and O–H groups in total. The molecule has 1 aliphatic heterocycles. The molecule has 1 fully saturated rings. The van der Waals surface area contributed by atoms with Crippen LogP contribution in [0.5, 0.6) is 0 Å². The number of likely N-dealkylation sites (tertiary alicyclic amines) is 1. The molecular formula is C15H24N2O. The normalized spacial score (nSPS) is 15.4. The second-order valence-electron chi connectivity index (χ2n) is 5.13. The lowest BCUT2D eigenvalue weighted by Gasteiger charge is -2.17. The summed E-state index contributed by atoms with van der Waals surface area (Å²) in [6, 6.07) is 0. The fourth-order valence-electron chi connectivity index (χ4n) is 3.21. The number of hydrogen-bond donors (Lipinski definition) is 0. The van der Waals surface area contributed by atoms with Crippen LogP contribution in [0.2, 0.25) is 0 Å². The Bertz CT molecular complexity index is 454. The molecule has 0 spiro atoms. The van der Waals surface area contributed by atoms with Gasteiger partial charge in [-0.1, -0.05) is 6.92 Å². The SMILES string of the molecule is CCc1c(C)c(C(=O)N2CCCC2)n(CC)c1C. The van der Waals surface area contributed by atoms with Crippen molar-refractivity contribution in [2.24, 2.45) is 0 Å². The van der Waals surface area contributed by atoms with Crippen molar-refractivity contribution in [3.05, 3.63) is 22.5 Å². The summed E-state index contributed by atoms with van der Waals surface area (Å²) >= 11 is 0. The molecule has 18 heavy (non-hydrogen) atoms. The third-order valence-electron chi connectivity index (χ3n) is 4.19. The van der Waals surface area contributed by atoms with Crippen LogP contribution in [0.25, 0.3) is 0 Å². The molecule has 100 valence electrons. The van der Waals surface area contributed by atoms with E-state index in [1.165, 1.54) is 16.8 Å². The van der Waals surface area contributed by atoms with Crippen LogP contribution in [-0.2, 0) is 13.0 Å². The minimum absolute atomic E-state index is 0.231. The topological polar surface area (TPSA) is 25.2 Å². The molecule has 3 nitrogen and oxygen atoms in total. The van der Waals surface area contributed by atoms with Crippen LogP contribution in [0.3, 0.4) is 0 Å². The minimum atomic E-state index is 0.231. The summed E-state index contributed by atoms with van der Waals surface area (Å²) in [6.07, 6.45) is 3.30. The fourth-order valence-corrected chi connectivity index (χ4v) is 3.21. The molecule has 0 aromatic carbocycles. The maximum absolute atomic E-state index is 12.6. The summed E-state index contributed by atoms with van der Waals surface area (Å²) in [7, 11) is 0. The van der Waals surface area contributed by atoms with Crippen molar-refractivity contribution in [1.82, 2.24) is 9.47 Å². The molecule has 1 aliphatic rings. The van der Waals surface area contributed by atoms with Crippen LogP contribution >= 0.6 is 0 Å². The van der Waals surface area contributed by atoms with Gasteiger partial charge in [-0.2, -0.15) is 0 Å². The zero-order valence-electron chi connectivity index (χ0n) is 12.0. The Morgan fingerprint density at radius 3 is 2.28 bits per heavy atom. The largest absolute Gasteiger partial charge is 0.341 e. The van der Waals surface area contributed by atoms with E-state index >= 15 is 0 Å². The van der Waals surface area contributed by atoms with Crippen molar-refractivity contribution >= 4 is 5.91 Å². The molecule has 0 radical (unpaired) electrons. The van der Waals surface area contributed by atoms with E-state index in [4.69, 9.17) is 0 Å². The summed E-state index contributed by atoms with van der Waals surface area (Å²) in [5, 5.41) is 0. The van der Waals surface area contributed by atoms with Gasteiger partial charge in [0.2, 0.25) is 0 Å². The number of amides is 1. The first-order valence-corrected chi connectivity index (χ1v) is 7.09. The monoisotopic (exact) mass is 248 g/mol. The lowest BCUT2D eigenvalue weighted by Crippen LogP contribution is -2.30. The number of aromatic nitrogens is 1. The summed E-state index contributed by atoms with van der Waals surface area (Å²) < 4.78 is 2.19. The zero-order chi connectivity index (χ0) is 13.3. The molecule has 0 aliphatic carbocycles. The van der Waals surface area contributed by atoms with E-state index in [0.717, 1.165) is 44.6 Å². The predicted octanol–water partition coefficient (Wildman–Crippen LogP) is 2.92. The van der Waals surface area contributed by atoms with Crippen LogP contribution in [-0.4, -0.2) is 28.5 Å². The van der Waals surface area contributed by atoms with Crippen molar-refractivity contribution in [3.8, 4) is 0 Å². The third-order valence-corrected chi connectivity index (χ3v) is 4.19. The van der Waals surface area contributed by atoms with Crippen molar-refractivity contribution in [2.45, 2.75) is 53.5 Å². The number of hydrogen-bond acceptors (Lipinski definition) is 1. The Balaban J connectivity index is 2.45. The predicted molar refractivity (Wildman–Crippen MR) is 74.1 cm³/mol. The average molecular weight is 248 g/mol. The van der Waals surface area contributed by atoms with E-state index in [1.807, 2.05) is 4.90 Å². The highest BCUT2D eigenvalue weighted by Crippen LogP contribution is 2.25. The molecule has 0 atom stereocenters. The van der Waals surface area contributed by atoms with Gasteiger partial charge in [-0.3, -0.25) is 4.79 Å². The Morgan fingerprint density at radius 1 is 1.17 bits per heavy atom. The van der Waals surface area contributed by atoms with Crippen LogP contribution in [0.1, 0.15) is 54.0 Å². The molecule has 1 aromatic heterocycles. The van der Waals surface area contributed by atoms with Crippen LogP contribution in [0.15, 0.2) is 0 Å². The Morgan fingerprint density at radius 2 is 1.78 bits per heavy atom. The maximum Gasteiger partial charge on any atom is 0.270 e. The number of nitrogens with zero attached hydrogens (tertiary/aromatic N) is 2. The van der Waals surface area contributed by atoms with Crippen LogP contribution < -0.4 is 0 Å². The summed E-state index contributed by atoms with van der Waals surface area (Å²) in [5.74, 6) is 0.231. The van der Waals surface area contributed by atoms with Gasteiger partial charge < -0.3 is 9.47 Å². The number of carbonyl (C=O) groups excluding carboxylic acids is 1. The number of carbonyl (C=O) groups is 1. The van der Waals surface area contributed by atoms with Gasteiger partial charge in [0.1, 0.15) is 5.69 Å². The molecular weight excluding hydrogens is 224 g/mol. The molecule has 0 saturated carbocycles. The highest BCUT2D eigenvalue weighted by atomic mass is 16.2. The minimum Gasteiger partial charge on any atom is -0.341 e. The van der Waals surface area contributed by atoms with Crippen molar-refractivity contribution in [2.75, 3.05) is 13.1 Å². The number of rotatable bonds is 3. The van der Waals surface area contributed by atoms with Gasteiger partial charge in [0, 0.05) is 25.3 Å². The Kier molecular flexibility index (Phi) is 3.79. The highest BCUT2D eigenvalue weighted by molar-refractivity contribution is 5.95. The standard InChI is InChI=1S/C15H24N2O/c1-5-13-11(3)14(17(6-2)12(13)4)15(18)16-9-7-8-10-16/h5-10H2,1-4H3. The Labute approximate surface area is 110 Å². The maximum atomic E-state index is 12.6. The van der Waals surface area contributed by atoms with E-state index in [-0.39, 0.29) is 5.91 Å². The first-order valence-electron chi connectivity index (χ1n) is 7.09. The Hall–Kier alpha value is -1.25. The van der Waals surface area contributed by atoms with Crippen molar-refractivity contribution < 1.29 is 4.79 Å². The van der Waals surface area contributed by atoms with Gasteiger partial charge in [0.05, 0.1) is 0 Å². The van der Waals surface area contributed by atoms with Crippen molar-refractivity contribution in [3.63, 3.8) is 0 Å². The smallest absolute Gasteiger partial charge is 0.270 e. The van der Waals surface area contributed by atoms with Gasteiger partial charge in [0.25, 0.3) is 5.91 Å². The summed E-state index contributed by atoms with van der Waals surface area (Å²) in [4.78, 5) is 14.6. The molecule has 1 aromatic rings.